The molecule has 7 nitrogen and oxygen atoms in total. The highest BCUT2D eigenvalue weighted by atomic mass is 35.5. The zero-order valence-corrected chi connectivity index (χ0v) is 16.4. The Morgan fingerprint density at radius 1 is 1.31 bits per heavy atom. The van der Waals surface area contributed by atoms with Gasteiger partial charge in [0.1, 0.15) is 0 Å². The highest BCUT2D eigenvalue weighted by Crippen LogP contribution is 2.20. The van der Waals surface area contributed by atoms with E-state index in [-0.39, 0.29) is 17.2 Å². The molecule has 0 unspecified atom stereocenters. The summed E-state index contributed by atoms with van der Waals surface area (Å²) in [6.07, 6.45) is 0.671. The van der Waals surface area contributed by atoms with Crippen molar-refractivity contribution in [2.45, 2.75) is 18.1 Å². The molecule has 1 N–H and O–H groups in total. The monoisotopic (exact) mass is 399 g/mol. The summed E-state index contributed by atoms with van der Waals surface area (Å²) in [5.41, 5.74) is 0.373. The van der Waals surface area contributed by atoms with Gasteiger partial charge in [0.25, 0.3) is 5.56 Å². The van der Waals surface area contributed by atoms with E-state index in [0.717, 1.165) is 0 Å². The molecule has 0 saturated heterocycles. The van der Waals surface area contributed by atoms with Gasteiger partial charge in [0.2, 0.25) is 5.91 Å². The molecule has 0 bridgehead atoms. The van der Waals surface area contributed by atoms with E-state index in [1.165, 1.54) is 11.8 Å². The zero-order valence-electron chi connectivity index (χ0n) is 14.8. The number of thioether (sulfide) groups is 1. The Kier molecular flexibility index (Phi) is 8.37. The Balaban J connectivity index is 2.24. The minimum absolute atomic E-state index is 0.143. The summed E-state index contributed by atoms with van der Waals surface area (Å²) >= 11 is 7.24. The van der Waals surface area contributed by atoms with E-state index < -0.39 is 0 Å². The molecule has 1 aromatic heterocycles. The topological polar surface area (TPSA) is 82.4 Å². The molecule has 0 aliphatic heterocycles. The molecule has 2 aromatic rings. The first kappa shape index (κ1) is 20.7. The smallest absolute Gasteiger partial charge is 0.262 e. The van der Waals surface area contributed by atoms with Gasteiger partial charge in [-0.1, -0.05) is 23.4 Å². The van der Waals surface area contributed by atoms with Gasteiger partial charge in [-0.25, -0.2) is 4.98 Å². The van der Waals surface area contributed by atoms with Crippen LogP contribution in [-0.2, 0) is 20.8 Å². The van der Waals surface area contributed by atoms with Crippen LogP contribution >= 0.6 is 23.4 Å². The molecule has 142 valence electrons. The second-order valence-corrected chi connectivity index (χ2v) is 6.87. The van der Waals surface area contributed by atoms with Crippen molar-refractivity contribution in [1.29, 1.82) is 0 Å². The number of hydrogen-bond donors (Lipinski definition) is 1. The number of aromatic nitrogens is 2. The fraction of sp³-hybridized carbons (Fsp3) is 0.471. The van der Waals surface area contributed by atoms with Crippen LogP contribution in [0.5, 0.6) is 0 Å². The van der Waals surface area contributed by atoms with Crippen molar-refractivity contribution in [2.24, 2.45) is 0 Å². The van der Waals surface area contributed by atoms with Crippen LogP contribution in [0.3, 0.4) is 0 Å². The summed E-state index contributed by atoms with van der Waals surface area (Å²) in [6.45, 7) is 1.89. The van der Waals surface area contributed by atoms with Crippen LogP contribution in [-0.4, -0.2) is 55.2 Å². The zero-order chi connectivity index (χ0) is 18.9. The Bertz CT molecular complexity index is 812. The number of carbonyl (C=O) groups is 1. The quantitative estimate of drug-likeness (QED) is 0.373. The molecule has 0 aliphatic carbocycles. The van der Waals surface area contributed by atoms with E-state index in [2.05, 4.69) is 10.3 Å². The van der Waals surface area contributed by atoms with Gasteiger partial charge in [-0.15, -0.1) is 0 Å². The lowest BCUT2D eigenvalue weighted by molar-refractivity contribution is -0.118. The molecule has 0 spiro atoms. The number of amides is 1. The molecule has 9 heteroatoms. The maximum Gasteiger partial charge on any atom is 0.262 e. The van der Waals surface area contributed by atoms with Crippen molar-refractivity contribution in [3.8, 4) is 0 Å². The summed E-state index contributed by atoms with van der Waals surface area (Å²) < 4.78 is 11.5. The number of nitrogens with zero attached hydrogens (tertiary/aromatic N) is 2. The predicted octanol–water partition coefficient (Wildman–Crippen LogP) is 1.94. The highest BCUT2D eigenvalue weighted by molar-refractivity contribution is 7.99. The van der Waals surface area contributed by atoms with Crippen molar-refractivity contribution < 1.29 is 14.3 Å². The third-order valence-corrected chi connectivity index (χ3v) is 4.78. The lowest BCUT2D eigenvalue weighted by atomic mass is 10.2. The van der Waals surface area contributed by atoms with E-state index >= 15 is 0 Å². The predicted molar refractivity (Wildman–Crippen MR) is 103 cm³/mol. The largest absolute Gasteiger partial charge is 0.385 e. The number of halogens is 1. The van der Waals surface area contributed by atoms with E-state index in [9.17, 15) is 9.59 Å². The second-order valence-electron chi connectivity index (χ2n) is 5.49. The number of fused-ring (bicyclic) bond motifs is 1. The van der Waals surface area contributed by atoms with Crippen LogP contribution in [0, 0.1) is 0 Å². The summed E-state index contributed by atoms with van der Waals surface area (Å²) in [4.78, 5) is 29.3. The Morgan fingerprint density at radius 2 is 2.08 bits per heavy atom. The fourth-order valence-corrected chi connectivity index (χ4v) is 3.34. The fourth-order valence-electron chi connectivity index (χ4n) is 2.32. The second kappa shape index (κ2) is 10.5. The summed E-state index contributed by atoms with van der Waals surface area (Å²) in [5.74, 6) is 0.0166. The molecule has 0 aliphatic rings. The average Bonchev–Trinajstić information content (AvgIpc) is 2.62. The number of benzene rings is 1. The van der Waals surface area contributed by atoms with Crippen LogP contribution in [0.1, 0.15) is 6.42 Å². The van der Waals surface area contributed by atoms with E-state index in [1.807, 2.05) is 0 Å². The van der Waals surface area contributed by atoms with Crippen molar-refractivity contribution in [3.05, 3.63) is 33.6 Å². The molecule has 0 fully saturated rings. The van der Waals surface area contributed by atoms with Gasteiger partial charge in [0, 0.05) is 38.9 Å². The Labute approximate surface area is 161 Å². The Morgan fingerprint density at radius 3 is 2.81 bits per heavy atom. The minimum atomic E-state index is -0.148. The van der Waals surface area contributed by atoms with Crippen molar-refractivity contribution >= 4 is 40.2 Å². The summed E-state index contributed by atoms with van der Waals surface area (Å²) in [7, 11) is 3.19. The average molecular weight is 400 g/mol. The molecule has 1 heterocycles. The standard InChI is InChI=1S/C17H22ClN3O4S/c1-24-8-3-7-21-16(23)13-5-4-12(18)10-14(13)20-17(21)26-11-15(22)19-6-9-25-2/h4-5,10H,3,6-9,11H2,1-2H3,(H,19,22). The number of ether oxygens (including phenoxy) is 2. The number of methoxy groups -OCH3 is 2. The van der Waals surface area contributed by atoms with Crippen LogP contribution in [0.25, 0.3) is 10.9 Å². The first-order valence-corrected chi connectivity index (χ1v) is 9.50. The van der Waals surface area contributed by atoms with Gasteiger partial charge in [-0.2, -0.15) is 0 Å². The SMILES string of the molecule is COCCCn1c(SCC(=O)NCCOC)nc2cc(Cl)ccc2c1=O. The van der Waals surface area contributed by atoms with E-state index in [4.69, 9.17) is 21.1 Å². The molecular weight excluding hydrogens is 378 g/mol. The lowest BCUT2D eigenvalue weighted by Gasteiger charge is -2.13. The summed E-state index contributed by atoms with van der Waals surface area (Å²) in [5, 5.41) is 4.24. The third-order valence-electron chi connectivity index (χ3n) is 3.57. The van der Waals surface area contributed by atoms with Gasteiger partial charge in [0.15, 0.2) is 5.16 Å². The number of nitrogens with one attached hydrogen (secondary N) is 1. The Hall–Kier alpha value is -1.61. The van der Waals surface area contributed by atoms with Crippen LogP contribution in [0.4, 0.5) is 0 Å². The molecule has 0 atom stereocenters. The van der Waals surface area contributed by atoms with E-state index in [0.29, 0.717) is 53.8 Å². The summed E-state index contributed by atoms with van der Waals surface area (Å²) in [6, 6.07) is 4.99. The molecule has 26 heavy (non-hydrogen) atoms. The molecule has 1 amide bonds. The normalized spacial score (nSPS) is 11.0. The molecular formula is C17H22ClN3O4S. The maximum atomic E-state index is 12.8. The van der Waals surface area contributed by atoms with Gasteiger partial charge >= 0.3 is 0 Å². The molecule has 0 radical (unpaired) electrons. The van der Waals surface area contributed by atoms with Gasteiger partial charge in [-0.05, 0) is 24.6 Å². The molecule has 1 aromatic carbocycles. The van der Waals surface area contributed by atoms with Gasteiger partial charge < -0.3 is 14.8 Å². The van der Waals surface area contributed by atoms with Crippen LogP contribution in [0.15, 0.2) is 28.2 Å². The lowest BCUT2D eigenvalue weighted by Crippen LogP contribution is -2.29. The molecule has 2 rings (SSSR count). The van der Waals surface area contributed by atoms with Crippen molar-refractivity contribution in [1.82, 2.24) is 14.9 Å². The van der Waals surface area contributed by atoms with Crippen molar-refractivity contribution in [3.63, 3.8) is 0 Å². The van der Waals surface area contributed by atoms with Gasteiger partial charge in [0.05, 0.1) is 23.3 Å². The number of carbonyl (C=O) groups excluding carboxylic acids is 1. The first-order valence-electron chi connectivity index (χ1n) is 8.14. The van der Waals surface area contributed by atoms with Gasteiger partial charge in [-0.3, -0.25) is 14.2 Å². The third kappa shape index (κ3) is 5.70. The van der Waals surface area contributed by atoms with Crippen LogP contribution in [0.2, 0.25) is 5.02 Å². The highest BCUT2D eigenvalue weighted by Gasteiger charge is 2.13. The molecule has 0 saturated carbocycles. The minimum Gasteiger partial charge on any atom is -0.385 e. The first-order chi connectivity index (χ1) is 12.6. The van der Waals surface area contributed by atoms with E-state index in [1.54, 1.807) is 37.0 Å². The van der Waals surface area contributed by atoms with Crippen molar-refractivity contribution in [2.75, 3.05) is 39.7 Å². The van der Waals surface area contributed by atoms with Crippen LogP contribution < -0.4 is 10.9 Å². The number of rotatable bonds is 10. The number of hydrogen-bond acceptors (Lipinski definition) is 6. The maximum absolute atomic E-state index is 12.8.